The van der Waals surface area contributed by atoms with Crippen LogP contribution in [0.4, 0.5) is 5.82 Å². The Morgan fingerprint density at radius 2 is 1.70 bits per heavy atom. The molecule has 2 heterocycles. The van der Waals surface area contributed by atoms with Crippen LogP contribution in [0.25, 0.3) is 10.9 Å². The van der Waals surface area contributed by atoms with E-state index in [1.165, 1.54) is 0 Å². The molecule has 0 unspecified atom stereocenters. The number of pyridine rings is 1. The Labute approximate surface area is 135 Å². The van der Waals surface area contributed by atoms with Gasteiger partial charge in [-0.3, -0.25) is 0 Å². The number of aryl methyl sites for hydroxylation is 1. The Kier molecular flexibility index (Phi) is 4.43. The molecular weight excluding hydrogens is 296 g/mol. The fraction of sp³-hybridized carbons (Fsp3) is 0.471. The fourth-order valence-electron chi connectivity index (χ4n) is 2.99. The molecule has 1 saturated heterocycles. The lowest BCUT2D eigenvalue weighted by molar-refractivity contribution is 0.122. The van der Waals surface area contributed by atoms with Crippen molar-refractivity contribution in [1.29, 1.82) is 0 Å². The topological polar surface area (TPSA) is 53.1 Å². The summed E-state index contributed by atoms with van der Waals surface area (Å²) in [6, 6.07) is 3.98. The number of hydrogen-bond donors (Lipinski definition) is 0. The van der Waals surface area contributed by atoms with Crippen molar-refractivity contribution in [2.24, 2.45) is 0 Å². The van der Waals surface area contributed by atoms with Crippen molar-refractivity contribution in [2.45, 2.75) is 6.92 Å². The van der Waals surface area contributed by atoms with Gasteiger partial charge in [0.05, 0.1) is 40.1 Å². The quantitative estimate of drug-likeness (QED) is 0.863. The molecule has 3 rings (SSSR count). The Bertz CT molecular complexity index is 712. The summed E-state index contributed by atoms with van der Waals surface area (Å²) in [7, 11) is 4.85. The van der Waals surface area contributed by atoms with Gasteiger partial charge < -0.3 is 23.8 Å². The number of hydrogen-bond acceptors (Lipinski definition) is 6. The molecule has 1 aromatic carbocycles. The second-order valence-electron chi connectivity index (χ2n) is 5.44. The molecule has 1 aromatic heterocycles. The highest BCUT2D eigenvalue weighted by Gasteiger charge is 2.20. The zero-order valence-electron chi connectivity index (χ0n) is 14.0. The highest BCUT2D eigenvalue weighted by Crippen LogP contribution is 2.44. The summed E-state index contributed by atoms with van der Waals surface area (Å²) in [5, 5.41) is 0.946. The van der Waals surface area contributed by atoms with E-state index in [4.69, 9.17) is 23.9 Å². The number of methoxy groups -OCH3 is 3. The van der Waals surface area contributed by atoms with Crippen LogP contribution in [0.3, 0.4) is 0 Å². The number of morpholine rings is 1. The minimum atomic E-state index is 0.589. The third-order valence-electron chi connectivity index (χ3n) is 4.12. The molecule has 0 amide bonds. The first-order valence-electron chi connectivity index (χ1n) is 7.62. The standard InChI is InChI=1S/C17H22N2O4/c1-11-9-14(19-5-7-23-8-6-19)18-12-10-13(20-2)16(21-3)17(22-4)15(11)12/h9-10H,5-8H2,1-4H3. The predicted molar refractivity (Wildman–Crippen MR) is 89.2 cm³/mol. The molecule has 0 aliphatic carbocycles. The van der Waals surface area contributed by atoms with Crippen molar-refractivity contribution in [3.63, 3.8) is 0 Å². The number of fused-ring (bicyclic) bond motifs is 1. The SMILES string of the molecule is COc1cc2nc(N3CCOCC3)cc(C)c2c(OC)c1OC. The number of nitrogens with zero attached hydrogens (tertiary/aromatic N) is 2. The van der Waals surface area contributed by atoms with Crippen LogP contribution in [-0.2, 0) is 4.74 Å². The van der Waals surface area contributed by atoms with E-state index in [0.29, 0.717) is 17.2 Å². The monoisotopic (exact) mass is 318 g/mol. The largest absolute Gasteiger partial charge is 0.493 e. The summed E-state index contributed by atoms with van der Waals surface area (Å²) < 4.78 is 21.9. The van der Waals surface area contributed by atoms with Gasteiger partial charge in [0.15, 0.2) is 11.5 Å². The molecule has 0 atom stereocenters. The van der Waals surface area contributed by atoms with Crippen molar-refractivity contribution in [2.75, 3.05) is 52.5 Å². The summed E-state index contributed by atoms with van der Waals surface area (Å²) in [5.41, 5.74) is 1.93. The van der Waals surface area contributed by atoms with E-state index >= 15 is 0 Å². The molecule has 1 aliphatic rings. The molecule has 0 bridgehead atoms. The first-order valence-corrected chi connectivity index (χ1v) is 7.62. The Morgan fingerprint density at radius 3 is 2.30 bits per heavy atom. The van der Waals surface area contributed by atoms with E-state index in [-0.39, 0.29) is 0 Å². The van der Waals surface area contributed by atoms with Crippen molar-refractivity contribution >= 4 is 16.7 Å². The van der Waals surface area contributed by atoms with Crippen LogP contribution in [0.2, 0.25) is 0 Å². The summed E-state index contributed by atoms with van der Waals surface area (Å²) in [4.78, 5) is 7.04. The molecule has 23 heavy (non-hydrogen) atoms. The Morgan fingerprint density at radius 1 is 1.00 bits per heavy atom. The summed E-state index contributed by atoms with van der Waals surface area (Å²) >= 11 is 0. The summed E-state index contributed by atoms with van der Waals surface area (Å²) in [5.74, 6) is 2.81. The third kappa shape index (κ3) is 2.74. The van der Waals surface area contributed by atoms with Gasteiger partial charge in [-0.15, -0.1) is 0 Å². The zero-order valence-corrected chi connectivity index (χ0v) is 14.0. The van der Waals surface area contributed by atoms with E-state index < -0.39 is 0 Å². The van der Waals surface area contributed by atoms with Gasteiger partial charge in [-0.25, -0.2) is 4.98 Å². The Hall–Kier alpha value is -2.21. The fourth-order valence-corrected chi connectivity index (χ4v) is 2.99. The molecule has 0 saturated carbocycles. The van der Waals surface area contributed by atoms with Crippen molar-refractivity contribution in [3.05, 3.63) is 17.7 Å². The van der Waals surface area contributed by atoms with Gasteiger partial charge in [0, 0.05) is 24.5 Å². The van der Waals surface area contributed by atoms with E-state index in [2.05, 4.69) is 17.9 Å². The maximum Gasteiger partial charge on any atom is 0.204 e. The van der Waals surface area contributed by atoms with E-state index in [1.54, 1.807) is 21.3 Å². The molecular formula is C17H22N2O4. The van der Waals surface area contributed by atoms with Crippen LogP contribution in [0.15, 0.2) is 12.1 Å². The Balaban J connectivity index is 2.19. The maximum atomic E-state index is 5.58. The van der Waals surface area contributed by atoms with Crippen LogP contribution in [-0.4, -0.2) is 52.6 Å². The smallest absolute Gasteiger partial charge is 0.204 e. The molecule has 1 fully saturated rings. The normalized spacial score (nSPS) is 14.9. The number of aromatic nitrogens is 1. The lowest BCUT2D eigenvalue weighted by Crippen LogP contribution is -2.36. The molecule has 6 heteroatoms. The van der Waals surface area contributed by atoms with Crippen molar-refractivity contribution in [1.82, 2.24) is 4.98 Å². The lowest BCUT2D eigenvalue weighted by Gasteiger charge is -2.28. The zero-order chi connectivity index (χ0) is 16.4. The number of ether oxygens (including phenoxy) is 4. The van der Waals surface area contributed by atoms with Gasteiger partial charge in [0.1, 0.15) is 5.82 Å². The van der Waals surface area contributed by atoms with Gasteiger partial charge in [0.25, 0.3) is 0 Å². The van der Waals surface area contributed by atoms with E-state index in [9.17, 15) is 0 Å². The minimum absolute atomic E-state index is 0.589. The van der Waals surface area contributed by atoms with Crippen LogP contribution in [0, 0.1) is 6.92 Å². The van der Waals surface area contributed by atoms with E-state index in [1.807, 2.05) is 6.07 Å². The van der Waals surface area contributed by atoms with Crippen LogP contribution >= 0.6 is 0 Å². The van der Waals surface area contributed by atoms with Crippen LogP contribution in [0.5, 0.6) is 17.2 Å². The lowest BCUT2D eigenvalue weighted by atomic mass is 10.1. The summed E-state index contributed by atoms with van der Waals surface area (Å²) in [6.07, 6.45) is 0. The molecule has 2 aromatic rings. The van der Waals surface area contributed by atoms with Gasteiger partial charge in [-0.2, -0.15) is 0 Å². The molecule has 0 spiro atoms. The molecule has 0 N–H and O–H groups in total. The van der Waals surface area contributed by atoms with Gasteiger partial charge in [0.2, 0.25) is 5.75 Å². The predicted octanol–water partition coefficient (Wildman–Crippen LogP) is 2.41. The molecule has 124 valence electrons. The first kappa shape index (κ1) is 15.7. The average molecular weight is 318 g/mol. The van der Waals surface area contributed by atoms with E-state index in [0.717, 1.165) is 48.6 Å². The number of rotatable bonds is 4. The number of anilines is 1. The molecule has 6 nitrogen and oxygen atoms in total. The second kappa shape index (κ2) is 6.50. The van der Waals surface area contributed by atoms with Gasteiger partial charge in [-0.1, -0.05) is 0 Å². The number of benzene rings is 1. The minimum Gasteiger partial charge on any atom is -0.493 e. The van der Waals surface area contributed by atoms with Crippen molar-refractivity contribution in [3.8, 4) is 17.2 Å². The van der Waals surface area contributed by atoms with Gasteiger partial charge in [-0.05, 0) is 18.6 Å². The maximum absolute atomic E-state index is 5.58. The van der Waals surface area contributed by atoms with Crippen LogP contribution in [0.1, 0.15) is 5.56 Å². The summed E-state index contributed by atoms with van der Waals surface area (Å²) in [6.45, 7) is 5.22. The highest BCUT2D eigenvalue weighted by molar-refractivity contribution is 5.94. The average Bonchev–Trinajstić information content (AvgIpc) is 2.60. The third-order valence-corrected chi connectivity index (χ3v) is 4.12. The molecule has 1 aliphatic heterocycles. The van der Waals surface area contributed by atoms with Crippen molar-refractivity contribution < 1.29 is 18.9 Å². The first-order chi connectivity index (χ1) is 11.2. The van der Waals surface area contributed by atoms with Gasteiger partial charge >= 0.3 is 0 Å². The highest BCUT2D eigenvalue weighted by atomic mass is 16.5. The molecule has 0 radical (unpaired) electrons. The second-order valence-corrected chi connectivity index (χ2v) is 5.44. The van der Waals surface area contributed by atoms with Crippen LogP contribution < -0.4 is 19.1 Å².